The lowest BCUT2D eigenvalue weighted by Crippen LogP contribution is -2.49. The van der Waals surface area contributed by atoms with E-state index in [4.69, 9.17) is 0 Å². The number of halogens is 6. The highest BCUT2D eigenvalue weighted by molar-refractivity contribution is 5.79. The Hall–Kier alpha value is -2.26. The van der Waals surface area contributed by atoms with E-state index in [9.17, 15) is 35.9 Å². The zero-order valence-corrected chi connectivity index (χ0v) is 14.2. The summed E-state index contributed by atoms with van der Waals surface area (Å²) in [6.45, 7) is -3.19. The highest BCUT2D eigenvalue weighted by Gasteiger charge is 2.41. The van der Waals surface area contributed by atoms with Gasteiger partial charge >= 0.3 is 12.4 Å². The summed E-state index contributed by atoms with van der Waals surface area (Å²) < 4.78 is 75.4. The van der Waals surface area contributed by atoms with E-state index in [-0.39, 0.29) is 17.7 Å². The molecule has 0 saturated carbocycles. The Morgan fingerprint density at radius 3 is 1.89 bits per heavy atom. The third-order valence-corrected chi connectivity index (χ3v) is 4.29. The largest absolute Gasteiger partial charge is 0.406 e. The van der Waals surface area contributed by atoms with Crippen molar-refractivity contribution >= 4 is 17.9 Å². The minimum Gasteiger partial charge on any atom is -0.371 e. The van der Waals surface area contributed by atoms with Crippen molar-refractivity contribution in [3.63, 3.8) is 0 Å². The number of benzene rings is 1. The number of carbonyl (C=O) groups is 2. The van der Waals surface area contributed by atoms with Gasteiger partial charge in [0, 0.05) is 30.3 Å². The van der Waals surface area contributed by atoms with Gasteiger partial charge in [0.2, 0.25) is 5.91 Å². The van der Waals surface area contributed by atoms with Crippen LogP contribution in [0.25, 0.3) is 0 Å². The standard InChI is InChI=1S/C17H18F6N2O2/c18-16(19,20)10-25(11-17(21,22)23)15(27)13-5-7-24(8-6-13)14-3-1-12(9-26)2-4-14/h1-4,9,13H,5-8,10-11H2. The summed E-state index contributed by atoms with van der Waals surface area (Å²) in [6, 6.07) is 6.61. The second kappa shape index (κ2) is 8.18. The summed E-state index contributed by atoms with van der Waals surface area (Å²) in [5.74, 6) is -2.01. The monoisotopic (exact) mass is 396 g/mol. The van der Waals surface area contributed by atoms with E-state index in [1.54, 1.807) is 24.3 Å². The first-order chi connectivity index (χ1) is 12.5. The van der Waals surface area contributed by atoms with E-state index >= 15 is 0 Å². The molecular formula is C17H18F6N2O2. The number of amides is 1. The van der Waals surface area contributed by atoms with Gasteiger partial charge in [0.25, 0.3) is 0 Å². The van der Waals surface area contributed by atoms with E-state index in [1.165, 1.54) is 0 Å². The lowest BCUT2D eigenvalue weighted by atomic mass is 9.94. The van der Waals surface area contributed by atoms with Crippen LogP contribution in [0.5, 0.6) is 0 Å². The molecule has 0 N–H and O–H groups in total. The lowest BCUT2D eigenvalue weighted by Gasteiger charge is -2.35. The van der Waals surface area contributed by atoms with Crippen LogP contribution in [-0.2, 0) is 4.79 Å². The van der Waals surface area contributed by atoms with Crippen LogP contribution in [0.2, 0.25) is 0 Å². The van der Waals surface area contributed by atoms with Crippen LogP contribution < -0.4 is 4.90 Å². The van der Waals surface area contributed by atoms with Crippen molar-refractivity contribution in [3.8, 4) is 0 Å². The van der Waals surface area contributed by atoms with E-state index in [0.29, 0.717) is 24.9 Å². The molecule has 1 fully saturated rings. The molecule has 150 valence electrons. The van der Waals surface area contributed by atoms with Crippen molar-refractivity contribution in [2.75, 3.05) is 31.1 Å². The minimum atomic E-state index is -4.90. The molecule has 10 heteroatoms. The SMILES string of the molecule is O=Cc1ccc(N2CCC(C(=O)N(CC(F)(F)F)CC(F)(F)F)CC2)cc1. The Balaban J connectivity index is 2.00. The number of anilines is 1. The van der Waals surface area contributed by atoms with Crippen LogP contribution in [0, 0.1) is 5.92 Å². The van der Waals surface area contributed by atoms with Crippen molar-refractivity contribution in [1.82, 2.24) is 4.90 Å². The predicted octanol–water partition coefficient (Wildman–Crippen LogP) is 3.67. The van der Waals surface area contributed by atoms with Gasteiger partial charge in [-0.1, -0.05) is 0 Å². The molecule has 27 heavy (non-hydrogen) atoms. The third kappa shape index (κ3) is 6.44. The maximum Gasteiger partial charge on any atom is 0.406 e. The fraction of sp³-hybridized carbons (Fsp3) is 0.529. The molecule has 1 aromatic rings. The van der Waals surface area contributed by atoms with E-state index in [2.05, 4.69) is 0 Å². The Morgan fingerprint density at radius 1 is 1.00 bits per heavy atom. The molecule has 2 rings (SSSR count). The van der Waals surface area contributed by atoms with Gasteiger partial charge in [-0.25, -0.2) is 0 Å². The first-order valence-corrected chi connectivity index (χ1v) is 8.21. The Kier molecular flexibility index (Phi) is 6.38. The number of rotatable bonds is 5. The Bertz CT molecular complexity index is 633. The van der Waals surface area contributed by atoms with E-state index in [0.717, 1.165) is 5.69 Å². The van der Waals surface area contributed by atoms with Gasteiger partial charge < -0.3 is 9.80 Å². The molecule has 1 aliphatic heterocycles. The average molecular weight is 396 g/mol. The molecule has 1 aliphatic rings. The number of aldehydes is 1. The number of hydrogen-bond donors (Lipinski definition) is 0. The van der Waals surface area contributed by atoms with Gasteiger partial charge in [-0.15, -0.1) is 0 Å². The highest BCUT2D eigenvalue weighted by atomic mass is 19.4. The Morgan fingerprint density at radius 2 is 1.48 bits per heavy atom. The van der Waals surface area contributed by atoms with Crippen molar-refractivity contribution in [2.24, 2.45) is 5.92 Å². The van der Waals surface area contributed by atoms with Gasteiger partial charge in [0.1, 0.15) is 19.4 Å². The second-order valence-electron chi connectivity index (χ2n) is 6.40. The molecule has 0 bridgehead atoms. The number of nitrogens with zero attached hydrogens (tertiary/aromatic N) is 2. The molecule has 0 radical (unpaired) electrons. The van der Waals surface area contributed by atoms with Gasteiger partial charge in [0.15, 0.2) is 0 Å². The molecule has 1 aromatic carbocycles. The van der Waals surface area contributed by atoms with Crippen LogP contribution in [0.1, 0.15) is 23.2 Å². The Labute approximate surface area is 151 Å². The first kappa shape index (κ1) is 21.0. The van der Waals surface area contributed by atoms with E-state index in [1.807, 2.05) is 4.90 Å². The minimum absolute atomic E-state index is 0.153. The third-order valence-electron chi connectivity index (χ3n) is 4.29. The first-order valence-electron chi connectivity index (χ1n) is 8.21. The molecule has 0 atom stereocenters. The fourth-order valence-corrected chi connectivity index (χ4v) is 3.05. The summed E-state index contributed by atoms with van der Waals surface area (Å²) in [5, 5.41) is 0. The number of alkyl halides is 6. The van der Waals surface area contributed by atoms with Crippen molar-refractivity contribution < 1.29 is 35.9 Å². The van der Waals surface area contributed by atoms with Gasteiger partial charge in [-0.05, 0) is 37.1 Å². The lowest BCUT2D eigenvalue weighted by molar-refractivity contribution is -0.190. The van der Waals surface area contributed by atoms with Crippen LogP contribution in [0.15, 0.2) is 24.3 Å². The smallest absolute Gasteiger partial charge is 0.371 e. The topological polar surface area (TPSA) is 40.6 Å². The van der Waals surface area contributed by atoms with Crippen molar-refractivity contribution in [3.05, 3.63) is 29.8 Å². The molecule has 1 heterocycles. The molecule has 1 saturated heterocycles. The van der Waals surface area contributed by atoms with Crippen LogP contribution >= 0.6 is 0 Å². The highest BCUT2D eigenvalue weighted by Crippen LogP contribution is 2.28. The zero-order chi connectivity index (χ0) is 20.2. The van der Waals surface area contributed by atoms with Crippen molar-refractivity contribution in [2.45, 2.75) is 25.2 Å². The van der Waals surface area contributed by atoms with E-state index < -0.39 is 37.3 Å². The second-order valence-corrected chi connectivity index (χ2v) is 6.40. The van der Waals surface area contributed by atoms with Crippen LogP contribution in [0.4, 0.5) is 32.0 Å². The summed E-state index contributed by atoms with van der Waals surface area (Å²) in [7, 11) is 0. The number of piperidine rings is 1. The van der Waals surface area contributed by atoms with Gasteiger partial charge in [-0.2, -0.15) is 26.3 Å². The summed E-state index contributed by atoms with van der Waals surface area (Å²) in [6.07, 6.45) is -8.81. The van der Waals surface area contributed by atoms with Gasteiger partial charge in [-0.3, -0.25) is 9.59 Å². The molecule has 0 spiro atoms. The molecule has 4 nitrogen and oxygen atoms in total. The molecule has 0 aliphatic carbocycles. The maximum atomic E-state index is 12.6. The summed E-state index contributed by atoms with van der Waals surface area (Å²) in [4.78, 5) is 24.6. The van der Waals surface area contributed by atoms with Crippen molar-refractivity contribution in [1.29, 1.82) is 0 Å². The maximum absolute atomic E-state index is 12.6. The quantitative estimate of drug-likeness (QED) is 0.563. The summed E-state index contributed by atoms with van der Waals surface area (Å²) >= 11 is 0. The molecule has 0 unspecified atom stereocenters. The molecule has 0 aromatic heterocycles. The molecular weight excluding hydrogens is 378 g/mol. The normalized spacial score (nSPS) is 16.3. The van der Waals surface area contributed by atoms with Gasteiger partial charge in [0.05, 0.1) is 0 Å². The summed E-state index contributed by atoms with van der Waals surface area (Å²) in [5.41, 5.74) is 1.26. The average Bonchev–Trinajstić information content (AvgIpc) is 2.58. The predicted molar refractivity (Wildman–Crippen MR) is 85.5 cm³/mol. The zero-order valence-electron chi connectivity index (χ0n) is 14.2. The van der Waals surface area contributed by atoms with Crippen LogP contribution in [-0.4, -0.2) is 55.6 Å². The van der Waals surface area contributed by atoms with Crippen LogP contribution in [0.3, 0.4) is 0 Å². The number of carbonyl (C=O) groups excluding carboxylic acids is 2. The fourth-order valence-electron chi connectivity index (χ4n) is 3.05. The molecule has 1 amide bonds. The number of hydrogen-bond acceptors (Lipinski definition) is 3.